The Morgan fingerprint density at radius 2 is 1.05 bits per heavy atom. The first-order valence-corrected chi connectivity index (χ1v) is 7.97. The minimum atomic E-state index is -0.285. The number of aliphatic hydroxyl groups is 1. The van der Waals surface area contributed by atoms with E-state index in [0.717, 1.165) is 7.11 Å². The van der Waals surface area contributed by atoms with Crippen LogP contribution in [-0.2, 0) is 4.74 Å². The number of rotatable bonds is 1. The van der Waals surface area contributed by atoms with Gasteiger partial charge in [0.15, 0.2) is 0 Å². The largest absolute Gasteiger partial charge is 0.450 e. The van der Waals surface area contributed by atoms with E-state index in [2.05, 4.69) is 4.74 Å². The lowest BCUT2D eigenvalue weighted by Gasteiger charge is -2.07. The molecule has 1 N–H and O–H groups in total. The molecular formula is C18H39NO3. The summed E-state index contributed by atoms with van der Waals surface area (Å²) in [6.45, 7) is 14.2. The number of hydrogen-bond acceptors (Lipinski definition) is 3. The molecule has 0 fully saturated rings. The minimum Gasteiger partial charge on any atom is -0.450 e. The van der Waals surface area contributed by atoms with E-state index in [9.17, 15) is 4.79 Å². The Kier molecular flexibility index (Phi) is 62.9. The van der Waals surface area contributed by atoms with Crippen LogP contribution in [0.4, 0.5) is 4.79 Å². The summed E-state index contributed by atoms with van der Waals surface area (Å²) in [5, 5.41) is 7.00. The van der Waals surface area contributed by atoms with Gasteiger partial charge in [-0.1, -0.05) is 77.9 Å². The molecule has 4 nitrogen and oxygen atoms in total. The molecule has 1 amide bonds. The molecule has 0 radical (unpaired) electrons. The van der Waals surface area contributed by atoms with Gasteiger partial charge < -0.3 is 14.7 Å². The molecule has 1 aromatic rings. The molecule has 1 rings (SSSR count). The van der Waals surface area contributed by atoms with Gasteiger partial charge in [-0.25, -0.2) is 4.79 Å². The fraction of sp³-hybridized carbons (Fsp3) is 0.611. The highest BCUT2D eigenvalue weighted by molar-refractivity contribution is 5.66. The van der Waals surface area contributed by atoms with E-state index in [1.54, 1.807) is 21.0 Å². The van der Waals surface area contributed by atoms with Crippen molar-refractivity contribution in [3.8, 4) is 0 Å². The summed E-state index contributed by atoms with van der Waals surface area (Å²) in [5.74, 6) is 0. The summed E-state index contributed by atoms with van der Waals surface area (Å²) >= 11 is 0. The third kappa shape index (κ3) is 42.9. The van der Waals surface area contributed by atoms with Crippen LogP contribution in [0.5, 0.6) is 0 Å². The van der Waals surface area contributed by atoms with E-state index < -0.39 is 0 Å². The van der Waals surface area contributed by atoms with Crippen LogP contribution in [0.1, 0.15) is 48.5 Å². The third-order valence-electron chi connectivity index (χ3n) is 1.30. The molecule has 0 bridgehead atoms. The van der Waals surface area contributed by atoms with Crippen LogP contribution in [0.2, 0.25) is 0 Å². The van der Waals surface area contributed by atoms with Crippen molar-refractivity contribution in [2.45, 2.75) is 48.5 Å². The van der Waals surface area contributed by atoms with Gasteiger partial charge >= 0.3 is 6.09 Å². The zero-order valence-electron chi connectivity index (χ0n) is 16.4. The predicted octanol–water partition coefficient (Wildman–Crippen LogP) is 5.08. The SMILES string of the molecule is CC.CC.CC.CCOC(=O)N(C)C.CO.c1ccccc1. The topological polar surface area (TPSA) is 49.8 Å². The van der Waals surface area contributed by atoms with Crippen molar-refractivity contribution < 1.29 is 14.6 Å². The molecule has 0 aromatic heterocycles. The molecule has 1 aromatic carbocycles. The maximum Gasteiger partial charge on any atom is 0.409 e. The van der Waals surface area contributed by atoms with Crippen LogP contribution < -0.4 is 0 Å². The molecule has 22 heavy (non-hydrogen) atoms. The van der Waals surface area contributed by atoms with Crippen molar-refractivity contribution in [1.82, 2.24) is 4.90 Å². The van der Waals surface area contributed by atoms with Crippen molar-refractivity contribution in [1.29, 1.82) is 0 Å². The van der Waals surface area contributed by atoms with Crippen molar-refractivity contribution in [3.63, 3.8) is 0 Å². The van der Waals surface area contributed by atoms with Crippen molar-refractivity contribution in [2.75, 3.05) is 27.8 Å². The van der Waals surface area contributed by atoms with Gasteiger partial charge in [0.1, 0.15) is 0 Å². The number of aliphatic hydroxyl groups excluding tert-OH is 1. The molecule has 0 aliphatic carbocycles. The first-order chi connectivity index (χ1) is 10.7. The second-order valence-electron chi connectivity index (χ2n) is 2.75. The predicted molar refractivity (Wildman–Crippen MR) is 99.3 cm³/mol. The minimum absolute atomic E-state index is 0.285. The van der Waals surface area contributed by atoms with E-state index in [0.29, 0.717) is 6.61 Å². The Bertz CT molecular complexity index is 213. The van der Waals surface area contributed by atoms with Crippen LogP contribution in [0.15, 0.2) is 36.4 Å². The van der Waals surface area contributed by atoms with Gasteiger partial charge in [0.2, 0.25) is 0 Å². The fourth-order valence-corrected chi connectivity index (χ4v) is 0.637. The van der Waals surface area contributed by atoms with Crippen LogP contribution >= 0.6 is 0 Å². The first kappa shape index (κ1) is 32.4. The summed E-state index contributed by atoms with van der Waals surface area (Å²) in [7, 11) is 4.30. The molecule has 0 heterocycles. The summed E-state index contributed by atoms with van der Waals surface area (Å²) in [6.07, 6.45) is -0.285. The Hall–Kier alpha value is -1.55. The van der Waals surface area contributed by atoms with Crippen molar-refractivity contribution in [2.24, 2.45) is 0 Å². The summed E-state index contributed by atoms with van der Waals surface area (Å²) in [4.78, 5) is 11.8. The average Bonchev–Trinajstić information content (AvgIpc) is 2.64. The van der Waals surface area contributed by atoms with Gasteiger partial charge in [0, 0.05) is 21.2 Å². The molecule has 4 heteroatoms. The Balaban J connectivity index is -0.0000000609. The first-order valence-electron chi connectivity index (χ1n) is 7.97. The summed E-state index contributed by atoms with van der Waals surface area (Å²) in [5.41, 5.74) is 0. The molecule has 0 saturated carbocycles. The molecule has 134 valence electrons. The van der Waals surface area contributed by atoms with Gasteiger partial charge in [-0.3, -0.25) is 0 Å². The lowest BCUT2D eigenvalue weighted by Crippen LogP contribution is -2.22. The van der Waals surface area contributed by atoms with E-state index in [1.165, 1.54) is 4.90 Å². The standard InChI is InChI=1S/C6H6.C5H11NO2.3C2H6.CH4O/c1-2-4-6-5-3-1;1-4-8-5(7)6(2)3;4*1-2/h1-6H;4H2,1-3H3;3*1-2H3;2H,1H3. The van der Waals surface area contributed by atoms with Crippen LogP contribution in [-0.4, -0.2) is 43.9 Å². The van der Waals surface area contributed by atoms with Gasteiger partial charge in [-0.05, 0) is 6.92 Å². The second-order valence-corrected chi connectivity index (χ2v) is 2.75. The molecule has 0 spiro atoms. The van der Waals surface area contributed by atoms with Gasteiger partial charge in [0.05, 0.1) is 6.61 Å². The van der Waals surface area contributed by atoms with Crippen molar-refractivity contribution in [3.05, 3.63) is 36.4 Å². The molecule has 0 aliphatic rings. The zero-order valence-corrected chi connectivity index (χ0v) is 16.4. The molecule has 0 saturated heterocycles. The summed E-state index contributed by atoms with van der Waals surface area (Å²) < 4.78 is 4.59. The fourth-order valence-electron chi connectivity index (χ4n) is 0.637. The lowest BCUT2D eigenvalue weighted by molar-refractivity contribution is 0.124. The second kappa shape index (κ2) is 42.7. The number of nitrogens with zero attached hydrogens (tertiary/aromatic N) is 1. The van der Waals surface area contributed by atoms with E-state index >= 15 is 0 Å². The highest BCUT2D eigenvalue weighted by atomic mass is 16.5. The molecule has 0 atom stereocenters. The monoisotopic (exact) mass is 317 g/mol. The smallest absolute Gasteiger partial charge is 0.409 e. The average molecular weight is 318 g/mol. The van der Waals surface area contributed by atoms with Crippen LogP contribution in [0.25, 0.3) is 0 Å². The Morgan fingerprint density at radius 3 is 1.14 bits per heavy atom. The normalized spacial score (nSPS) is 6.32. The molecule has 0 unspecified atom stereocenters. The van der Waals surface area contributed by atoms with Gasteiger partial charge in [-0.15, -0.1) is 0 Å². The number of carbonyl (C=O) groups excluding carboxylic acids is 1. The van der Waals surface area contributed by atoms with Crippen molar-refractivity contribution >= 4 is 6.09 Å². The van der Waals surface area contributed by atoms with Crippen LogP contribution in [0.3, 0.4) is 0 Å². The summed E-state index contributed by atoms with van der Waals surface area (Å²) in [6, 6.07) is 12.0. The molecule has 0 aliphatic heterocycles. The number of hydrogen-bond donors (Lipinski definition) is 1. The molecular weight excluding hydrogens is 278 g/mol. The van der Waals surface area contributed by atoms with Gasteiger partial charge in [-0.2, -0.15) is 0 Å². The number of ether oxygens (including phenoxy) is 1. The van der Waals surface area contributed by atoms with E-state index in [1.807, 2.05) is 77.9 Å². The maximum absolute atomic E-state index is 10.4. The maximum atomic E-state index is 10.4. The van der Waals surface area contributed by atoms with Crippen LogP contribution in [0, 0.1) is 0 Å². The highest BCUT2D eigenvalue weighted by Gasteiger charge is 1.99. The highest BCUT2D eigenvalue weighted by Crippen LogP contribution is 1.82. The lowest BCUT2D eigenvalue weighted by atomic mass is 10.4. The Labute approximate surface area is 139 Å². The zero-order chi connectivity index (χ0) is 18.8. The van der Waals surface area contributed by atoms with E-state index in [4.69, 9.17) is 5.11 Å². The van der Waals surface area contributed by atoms with E-state index in [-0.39, 0.29) is 6.09 Å². The number of amides is 1. The quantitative estimate of drug-likeness (QED) is 0.786. The third-order valence-corrected chi connectivity index (χ3v) is 1.30. The Morgan fingerprint density at radius 1 is 0.818 bits per heavy atom. The number of carbonyl (C=O) groups is 1. The van der Waals surface area contributed by atoms with Gasteiger partial charge in [0.25, 0.3) is 0 Å². The number of benzene rings is 1.